The van der Waals surface area contributed by atoms with Gasteiger partial charge in [-0.25, -0.2) is 63.8 Å². The molecule has 4 aliphatic rings. The number of nitrogens with zero attached hydrogens (tertiary/aromatic N) is 17. The Kier molecular flexibility index (Phi) is 27.5. The fourth-order valence-corrected chi connectivity index (χ4v) is 15.9. The summed E-state index contributed by atoms with van der Waals surface area (Å²) in [5.74, 6) is 0.404. The average molecular weight is 1730 g/mol. The zero-order valence-electron chi connectivity index (χ0n) is 74.5. The quantitative estimate of drug-likeness (QED) is 0.0461. The lowest BCUT2D eigenvalue weighted by atomic mass is 9.95. The highest BCUT2D eigenvalue weighted by atomic mass is 16.6. The first kappa shape index (κ1) is 90.9. The van der Waals surface area contributed by atoms with Gasteiger partial charge in [0.2, 0.25) is 0 Å². The molecule has 34 nitrogen and oxygen atoms in total. The summed E-state index contributed by atoms with van der Waals surface area (Å²) < 4.78 is 29.4. The van der Waals surface area contributed by atoms with E-state index in [1.165, 1.54) is 0 Å². The first-order valence-corrected chi connectivity index (χ1v) is 42.8. The van der Waals surface area contributed by atoms with Crippen LogP contribution in [-0.2, 0) is 18.9 Å². The number of nitrogens with one attached hydrogen (secondary N) is 1. The Balaban J connectivity index is 0.000000145. The molecule has 12 heterocycles. The number of carboxylic acids is 1. The summed E-state index contributed by atoms with van der Waals surface area (Å²) in [7, 11) is 6.95. The van der Waals surface area contributed by atoms with Crippen molar-refractivity contribution in [2.24, 2.45) is 0 Å². The van der Waals surface area contributed by atoms with Crippen LogP contribution in [0.4, 0.5) is 37.7 Å². The molecule has 668 valence electrons. The molecular weight excluding hydrogens is 1620 g/mol. The minimum Gasteiger partial charge on any atom is -0.478 e. The van der Waals surface area contributed by atoms with Crippen LogP contribution >= 0.6 is 0 Å². The summed E-state index contributed by atoms with van der Waals surface area (Å²) in [6.45, 7) is 24.4. The van der Waals surface area contributed by atoms with Crippen LogP contribution in [0.2, 0.25) is 0 Å². The SMILES string of the molecule is CC(C)(C)OC(=O)N1CCCC(c2cn3c(-c4cccc(C(=O)O)c4)cnc(N)c3n2)C1.CCOC(=O)c1cccc(-c2cnc(N)c3nc(C4CCCN(C(=O)OC(C)(C)C)C4)cn23)c1.CN(C)C(=O)c1cccc(-c2cnc(N)c3nc(C4CCCN(C(=O)OC(C)(C)C)C4)cn23)c1.CN(C)C(=O)c1cccc(-c2cnc(N)c3nc(C4CCCNC4)cn23)c1. The number of nitrogens with two attached hydrogens (primary N) is 4. The number of carbonyl (C=O) groups excluding carboxylic acids is 6. The van der Waals surface area contributed by atoms with E-state index in [9.17, 15) is 38.7 Å². The van der Waals surface area contributed by atoms with Crippen molar-refractivity contribution >= 4 is 87.9 Å². The van der Waals surface area contributed by atoms with Crippen molar-refractivity contribution in [2.75, 3.05) is 110 Å². The van der Waals surface area contributed by atoms with E-state index in [0.29, 0.717) is 120 Å². The predicted molar refractivity (Wildman–Crippen MR) is 484 cm³/mol. The third kappa shape index (κ3) is 21.8. The minimum atomic E-state index is -0.998. The number of fused-ring (bicyclic) bond motifs is 4. The maximum atomic E-state index is 12.6. The van der Waals surface area contributed by atoms with Gasteiger partial charge in [-0.1, -0.05) is 48.5 Å². The van der Waals surface area contributed by atoms with Gasteiger partial charge in [-0.3, -0.25) is 27.2 Å². The molecule has 5 amide bonds. The summed E-state index contributed by atoms with van der Waals surface area (Å²) in [4.78, 5) is 131. The number of likely N-dealkylation sites (tertiary alicyclic amines) is 3. The molecule has 4 atom stereocenters. The molecule has 0 spiro atoms. The van der Waals surface area contributed by atoms with E-state index in [1.54, 1.807) is 121 Å². The number of aromatic nitrogens is 12. The van der Waals surface area contributed by atoms with Crippen LogP contribution in [0.1, 0.15) is 208 Å². The molecule has 10 N–H and O–H groups in total. The van der Waals surface area contributed by atoms with Crippen molar-refractivity contribution in [1.29, 1.82) is 0 Å². The number of hydrogen-bond donors (Lipinski definition) is 6. The minimum absolute atomic E-state index is 0.0314. The summed E-state index contributed by atoms with van der Waals surface area (Å²) in [5, 5.41) is 12.8. The van der Waals surface area contributed by atoms with Crippen LogP contribution in [0.5, 0.6) is 0 Å². The number of nitrogen functional groups attached to an aromatic ring is 4. The number of carboxylic acid groups (broad SMARTS) is 1. The fraction of sp³-hybridized carbons (Fsp3) is 0.409. The number of carbonyl (C=O) groups is 7. The number of rotatable bonds is 13. The van der Waals surface area contributed by atoms with E-state index in [1.807, 2.05) is 159 Å². The third-order valence-corrected chi connectivity index (χ3v) is 22.0. The van der Waals surface area contributed by atoms with Crippen molar-refractivity contribution in [1.82, 2.24) is 87.3 Å². The van der Waals surface area contributed by atoms with Gasteiger partial charge in [0.25, 0.3) is 11.8 Å². The molecule has 0 saturated carbocycles. The molecule has 4 aromatic carbocycles. The van der Waals surface area contributed by atoms with E-state index in [2.05, 4.69) is 31.4 Å². The summed E-state index contributed by atoms with van der Waals surface area (Å²) >= 11 is 0. The molecule has 0 bridgehead atoms. The Hall–Kier alpha value is -13.8. The number of ether oxygens (including phenoxy) is 4. The zero-order valence-corrected chi connectivity index (χ0v) is 74.5. The number of piperidine rings is 4. The topological polar surface area (TPSA) is 430 Å². The van der Waals surface area contributed by atoms with Gasteiger partial charge in [0.05, 0.1) is 88.1 Å². The van der Waals surface area contributed by atoms with Crippen molar-refractivity contribution < 1.29 is 57.6 Å². The molecule has 4 unspecified atom stereocenters. The Morgan fingerprint density at radius 1 is 0.425 bits per heavy atom. The molecule has 8 aromatic heterocycles. The molecule has 16 rings (SSSR count). The standard InChI is InChI=1S/C25H32N6O3.C25H31N5O4.C23H27N5O4.C20H24N6O/c1-25(2,3)34-24(33)30-11-7-10-18(14-30)19-15-31-20(13-27-21(26)22(31)28-19)16-8-6-9-17(12-16)23(32)29(4)5;1-5-33-23(31)17-9-6-8-16(12-17)20-13-27-21(26)22-28-19(15-30(20)22)18-10-7-11-29(14-18)24(32)34-25(2,3)4;1-23(2,3)32-22(31)27-9-5-8-16(12-27)17-13-28-18(11-25-19(24)20(28)26-17)14-6-4-7-15(10-14)21(29)30;1-25(2)20(27)14-6-3-5-13(9-14)17-11-23-18(21)19-24-16(12-26(17)19)15-7-4-8-22-10-15/h6,8-9,12-13,15,18H,7,10-11,14H2,1-5H3,(H2,26,27);6,8-9,12-13,15,18H,5,7,10-11,14H2,1-4H3,(H2,26,27);4,6-7,10-11,13,16H,5,8-9,12H2,1-3H3,(H2,24,25)(H,29,30);3,5-6,9,11-12,15,22H,4,7-8,10H2,1-2H3,(H2,21,23). The van der Waals surface area contributed by atoms with E-state index in [4.69, 9.17) is 61.8 Å². The Labute approximate surface area is 737 Å². The maximum absolute atomic E-state index is 12.6. The zero-order chi connectivity index (χ0) is 91.1. The number of esters is 1. The van der Waals surface area contributed by atoms with Crippen molar-refractivity contribution in [3.8, 4) is 45.0 Å². The highest BCUT2D eigenvalue weighted by molar-refractivity contribution is 5.96. The van der Waals surface area contributed by atoms with Crippen molar-refractivity contribution in [3.63, 3.8) is 0 Å². The van der Waals surface area contributed by atoms with Gasteiger partial charge in [-0.05, 0) is 176 Å². The number of imidazole rings is 4. The molecule has 4 fully saturated rings. The number of benzene rings is 4. The van der Waals surface area contributed by atoms with Crippen molar-refractivity contribution in [3.05, 3.63) is 192 Å². The van der Waals surface area contributed by atoms with Gasteiger partial charge in [-0.15, -0.1) is 0 Å². The van der Waals surface area contributed by atoms with Gasteiger partial charge >= 0.3 is 30.2 Å². The lowest BCUT2D eigenvalue weighted by molar-refractivity contribution is 0.0187. The summed E-state index contributed by atoms with van der Waals surface area (Å²) in [5.41, 5.74) is 36.9. The molecule has 0 aliphatic carbocycles. The fourth-order valence-electron chi connectivity index (χ4n) is 15.9. The predicted octanol–water partition coefficient (Wildman–Crippen LogP) is 14.0. The highest BCUT2D eigenvalue weighted by Gasteiger charge is 2.35. The van der Waals surface area contributed by atoms with E-state index < -0.39 is 22.8 Å². The molecule has 34 heteroatoms. The van der Waals surface area contributed by atoms with E-state index >= 15 is 0 Å². The van der Waals surface area contributed by atoms with E-state index in [0.717, 1.165) is 121 Å². The maximum Gasteiger partial charge on any atom is 0.410 e. The third-order valence-electron chi connectivity index (χ3n) is 22.0. The van der Waals surface area contributed by atoms with Crippen LogP contribution in [0.15, 0.2) is 147 Å². The highest BCUT2D eigenvalue weighted by Crippen LogP contribution is 2.37. The van der Waals surface area contributed by atoms with E-state index in [-0.39, 0.29) is 65.2 Å². The largest absolute Gasteiger partial charge is 0.478 e. The molecule has 4 aliphatic heterocycles. The average Bonchev–Trinajstić information content (AvgIpc) is 1.64. The first-order valence-electron chi connectivity index (χ1n) is 42.8. The van der Waals surface area contributed by atoms with Crippen molar-refractivity contribution in [2.45, 2.75) is 161 Å². The van der Waals surface area contributed by atoms with Gasteiger partial charge < -0.3 is 76.8 Å². The molecule has 12 aromatic rings. The first-order chi connectivity index (χ1) is 60.4. The summed E-state index contributed by atoms with van der Waals surface area (Å²) in [6.07, 6.45) is 21.2. The number of amides is 5. The van der Waals surface area contributed by atoms with Crippen LogP contribution < -0.4 is 28.3 Å². The Bertz CT molecular complexity index is 6060. The number of aromatic carboxylic acids is 1. The molecule has 127 heavy (non-hydrogen) atoms. The van der Waals surface area contributed by atoms with Crippen LogP contribution in [0.25, 0.3) is 67.6 Å². The lowest BCUT2D eigenvalue weighted by Gasteiger charge is -2.33. The molecule has 4 saturated heterocycles. The van der Waals surface area contributed by atoms with Gasteiger partial charge in [0, 0.05) is 156 Å². The second kappa shape index (κ2) is 38.4. The molecule has 0 radical (unpaired) electrons. The number of anilines is 4. The second-order valence-electron chi connectivity index (χ2n) is 35.6. The Morgan fingerprint density at radius 3 is 1.01 bits per heavy atom. The van der Waals surface area contributed by atoms with Gasteiger partial charge in [-0.2, -0.15) is 0 Å². The smallest absolute Gasteiger partial charge is 0.410 e. The second-order valence-corrected chi connectivity index (χ2v) is 35.6. The Morgan fingerprint density at radius 2 is 0.717 bits per heavy atom. The number of hydrogen-bond acceptors (Lipinski definition) is 24. The van der Waals surface area contributed by atoms with Crippen LogP contribution in [-0.4, -0.2) is 233 Å². The van der Waals surface area contributed by atoms with Gasteiger partial charge in [0.15, 0.2) is 45.9 Å². The lowest BCUT2D eigenvalue weighted by Crippen LogP contribution is -2.42. The van der Waals surface area contributed by atoms with Crippen LogP contribution in [0, 0.1) is 0 Å². The monoisotopic (exact) mass is 1730 g/mol. The molecular formula is C93H114N22O12. The van der Waals surface area contributed by atoms with Gasteiger partial charge in [0.1, 0.15) is 16.8 Å². The summed E-state index contributed by atoms with van der Waals surface area (Å²) in [6, 6.07) is 28.8. The van der Waals surface area contributed by atoms with Crippen LogP contribution in [0.3, 0.4) is 0 Å². The normalized spacial score (nSPS) is 16.7.